The van der Waals surface area contributed by atoms with Gasteiger partial charge >= 0.3 is 0 Å². The Bertz CT molecular complexity index is 737. The molecule has 0 aliphatic rings. The molecular weight excluding hydrogens is 298 g/mol. The molecule has 0 heterocycles. The van der Waals surface area contributed by atoms with Crippen LogP contribution >= 0.6 is 0 Å². The van der Waals surface area contributed by atoms with Crippen molar-refractivity contribution in [2.45, 2.75) is 6.61 Å². The van der Waals surface area contributed by atoms with Gasteiger partial charge < -0.3 is 16.2 Å². The number of nitro benzene ring substituents is 1. The topological polar surface area (TPSA) is 129 Å². The minimum Gasteiger partial charge on any atom is -0.489 e. The molecule has 0 aromatic heterocycles. The molecule has 0 spiro atoms. The molecule has 118 valence electrons. The zero-order valence-electron chi connectivity index (χ0n) is 12.1. The van der Waals surface area contributed by atoms with Crippen molar-refractivity contribution in [3.05, 3.63) is 69.8 Å². The molecule has 0 unspecified atom stereocenters. The normalized spacial score (nSPS) is 10.4. The molecule has 0 atom stereocenters. The van der Waals surface area contributed by atoms with Crippen molar-refractivity contribution in [3.8, 4) is 5.75 Å². The lowest BCUT2D eigenvalue weighted by Crippen LogP contribution is -2.21. The van der Waals surface area contributed by atoms with Crippen molar-refractivity contribution < 1.29 is 9.66 Å². The second-order valence-corrected chi connectivity index (χ2v) is 4.55. The Morgan fingerprint density at radius 3 is 2.61 bits per heavy atom. The second kappa shape index (κ2) is 7.55. The summed E-state index contributed by atoms with van der Waals surface area (Å²) < 4.78 is 5.64. The predicted octanol–water partition coefficient (Wildman–Crippen LogP) is 1.78. The van der Waals surface area contributed by atoms with E-state index in [1.165, 1.54) is 18.3 Å². The highest BCUT2D eigenvalue weighted by molar-refractivity contribution is 5.81. The lowest BCUT2D eigenvalue weighted by Gasteiger charge is -2.06. The number of nitro groups is 1. The smallest absolute Gasteiger partial charge is 0.269 e. The van der Waals surface area contributed by atoms with Gasteiger partial charge in [-0.3, -0.25) is 10.1 Å². The zero-order valence-corrected chi connectivity index (χ0v) is 12.1. The molecule has 0 bridgehead atoms. The summed E-state index contributed by atoms with van der Waals surface area (Å²) in [5.41, 5.74) is 12.0. The van der Waals surface area contributed by atoms with Gasteiger partial charge in [0.2, 0.25) is 5.96 Å². The van der Waals surface area contributed by atoms with Crippen molar-refractivity contribution in [2.24, 2.45) is 21.7 Å². The number of rotatable bonds is 6. The van der Waals surface area contributed by atoms with Gasteiger partial charge in [-0.2, -0.15) is 5.10 Å². The summed E-state index contributed by atoms with van der Waals surface area (Å²) in [6.07, 6.45) is 1.50. The van der Waals surface area contributed by atoms with Crippen LogP contribution in [0, 0.1) is 10.1 Å². The van der Waals surface area contributed by atoms with Crippen LogP contribution in [0.4, 0.5) is 5.69 Å². The molecule has 0 saturated heterocycles. The fourth-order valence-corrected chi connectivity index (χ4v) is 1.73. The van der Waals surface area contributed by atoms with Crippen LogP contribution in [-0.2, 0) is 6.61 Å². The Balaban J connectivity index is 1.99. The van der Waals surface area contributed by atoms with Gasteiger partial charge in [0.1, 0.15) is 12.4 Å². The van der Waals surface area contributed by atoms with Crippen LogP contribution in [0.25, 0.3) is 0 Å². The Hall–Kier alpha value is -3.42. The maximum absolute atomic E-state index is 10.6. The third kappa shape index (κ3) is 5.12. The number of hydrogen-bond donors (Lipinski definition) is 2. The highest BCUT2D eigenvalue weighted by Gasteiger charge is 2.04. The van der Waals surface area contributed by atoms with Gasteiger partial charge in [0.05, 0.1) is 11.1 Å². The number of ether oxygens (including phenoxy) is 1. The first kappa shape index (κ1) is 16.0. The lowest BCUT2D eigenvalue weighted by atomic mass is 10.2. The molecule has 0 fully saturated rings. The first-order valence-electron chi connectivity index (χ1n) is 6.63. The molecule has 4 N–H and O–H groups in total. The van der Waals surface area contributed by atoms with E-state index in [0.717, 1.165) is 11.1 Å². The van der Waals surface area contributed by atoms with Crippen molar-refractivity contribution in [2.75, 3.05) is 0 Å². The van der Waals surface area contributed by atoms with E-state index < -0.39 is 4.92 Å². The van der Waals surface area contributed by atoms with Crippen molar-refractivity contribution in [1.29, 1.82) is 0 Å². The quantitative estimate of drug-likeness (QED) is 0.363. The maximum atomic E-state index is 10.6. The molecule has 0 amide bonds. The van der Waals surface area contributed by atoms with Gasteiger partial charge in [-0.1, -0.05) is 12.1 Å². The van der Waals surface area contributed by atoms with E-state index in [9.17, 15) is 10.1 Å². The fourth-order valence-electron chi connectivity index (χ4n) is 1.73. The number of nitrogens with two attached hydrogens (primary N) is 2. The molecule has 2 aromatic carbocycles. The molecule has 0 aliphatic heterocycles. The zero-order chi connectivity index (χ0) is 16.7. The molecular formula is C15H15N5O3. The van der Waals surface area contributed by atoms with E-state index in [1.54, 1.807) is 24.3 Å². The molecule has 2 rings (SSSR count). The standard InChI is InChI=1S/C15H15N5O3/c16-15(17)19-18-9-12-2-1-3-14(8-12)23-10-11-4-6-13(7-5-11)20(21)22/h1-9H,10H2,(H4,16,17,19). The highest BCUT2D eigenvalue weighted by atomic mass is 16.6. The monoisotopic (exact) mass is 313 g/mol. The number of guanidine groups is 1. The molecule has 0 radical (unpaired) electrons. The van der Waals surface area contributed by atoms with Crippen LogP contribution in [0.15, 0.2) is 58.7 Å². The van der Waals surface area contributed by atoms with Crippen LogP contribution < -0.4 is 16.2 Å². The predicted molar refractivity (Wildman–Crippen MR) is 87.3 cm³/mol. The number of non-ortho nitro benzene ring substituents is 1. The highest BCUT2D eigenvalue weighted by Crippen LogP contribution is 2.16. The molecule has 8 heteroatoms. The summed E-state index contributed by atoms with van der Waals surface area (Å²) in [5, 5.41) is 17.8. The van der Waals surface area contributed by atoms with Crippen LogP contribution in [0.1, 0.15) is 11.1 Å². The lowest BCUT2D eigenvalue weighted by molar-refractivity contribution is -0.384. The van der Waals surface area contributed by atoms with Gasteiger partial charge in [0.25, 0.3) is 5.69 Å². The Morgan fingerprint density at radius 2 is 1.96 bits per heavy atom. The summed E-state index contributed by atoms with van der Waals surface area (Å²) >= 11 is 0. The average molecular weight is 313 g/mol. The van der Waals surface area contributed by atoms with Crippen molar-refractivity contribution in [1.82, 2.24) is 0 Å². The largest absolute Gasteiger partial charge is 0.489 e. The minimum absolute atomic E-state index is 0.0479. The SMILES string of the molecule is NC(N)=NN=Cc1cccc(OCc2ccc([N+](=O)[O-])cc2)c1. The molecule has 8 nitrogen and oxygen atoms in total. The van der Waals surface area contributed by atoms with Gasteiger partial charge in [-0.25, -0.2) is 0 Å². The van der Waals surface area contributed by atoms with Crippen molar-refractivity contribution >= 4 is 17.9 Å². The number of hydrogen-bond acceptors (Lipinski definition) is 5. The van der Waals surface area contributed by atoms with Crippen molar-refractivity contribution in [3.63, 3.8) is 0 Å². The van der Waals surface area contributed by atoms with Gasteiger partial charge in [0, 0.05) is 12.1 Å². The summed E-state index contributed by atoms with van der Waals surface area (Å²) in [5.74, 6) is 0.517. The summed E-state index contributed by atoms with van der Waals surface area (Å²) in [6.45, 7) is 0.298. The van der Waals surface area contributed by atoms with E-state index in [1.807, 2.05) is 12.1 Å². The van der Waals surface area contributed by atoms with E-state index in [0.29, 0.717) is 12.4 Å². The molecule has 0 aliphatic carbocycles. The Labute approximate surface area is 132 Å². The molecule has 2 aromatic rings. The Morgan fingerprint density at radius 1 is 1.22 bits per heavy atom. The second-order valence-electron chi connectivity index (χ2n) is 4.55. The van der Waals surface area contributed by atoms with E-state index in [4.69, 9.17) is 16.2 Å². The van der Waals surface area contributed by atoms with E-state index in [2.05, 4.69) is 10.2 Å². The van der Waals surface area contributed by atoms with E-state index in [-0.39, 0.29) is 11.6 Å². The number of nitrogens with zero attached hydrogens (tertiary/aromatic N) is 3. The average Bonchev–Trinajstić information content (AvgIpc) is 2.53. The third-order valence-corrected chi connectivity index (χ3v) is 2.79. The van der Waals surface area contributed by atoms with Gasteiger partial charge in [-0.05, 0) is 35.4 Å². The van der Waals surface area contributed by atoms with Gasteiger partial charge in [0.15, 0.2) is 0 Å². The first-order valence-corrected chi connectivity index (χ1v) is 6.63. The van der Waals surface area contributed by atoms with Crippen LogP contribution in [0.3, 0.4) is 0 Å². The molecule has 0 saturated carbocycles. The third-order valence-electron chi connectivity index (χ3n) is 2.79. The van der Waals surface area contributed by atoms with Crippen LogP contribution in [-0.4, -0.2) is 17.1 Å². The summed E-state index contributed by atoms with van der Waals surface area (Å²) in [4.78, 5) is 10.2. The van der Waals surface area contributed by atoms with Crippen LogP contribution in [0.5, 0.6) is 5.75 Å². The molecule has 23 heavy (non-hydrogen) atoms. The van der Waals surface area contributed by atoms with Crippen LogP contribution in [0.2, 0.25) is 0 Å². The fraction of sp³-hybridized carbons (Fsp3) is 0.0667. The summed E-state index contributed by atoms with van der Waals surface area (Å²) in [7, 11) is 0. The Kier molecular flexibility index (Phi) is 5.24. The maximum Gasteiger partial charge on any atom is 0.269 e. The summed E-state index contributed by atoms with van der Waals surface area (Å²) in [6, 6.07) is 13.4. The van der Waals surface area contributed by atoms with E-state index >= 15 is 0 Å². The van der Waals surface area contributed by atoms with Gasteiger partial charge in [-0.15, -0.1) is 5.10 Å². The first-order chi connectivity index (χ1) is 11.0. The number of benzene rings is 2. The minimum atomic E-state index is -0.440.